The lowest BCUT2D eigenvalue weighted by Crippen LogP contribution is -2.63. The average Bonchev–Trinajstić information content (AvgIpc) is 3.05. The number of rotatable bonds is 6. The molecule has 0 N–H and O–H groups in total. The highest BCUT2D eigenvalue weighted by atomic mass is 127. The Labute approximate surface area is 213 Å². The predicted octanol–water partition coefficient (Wildman–Crippen LogP) is 7.42. The molecule has 2 atom stereocenters. The van der Waals surface area contributed by atoms with E-state index in [9.17, 15) is 8.78 Å². The van der Waals surface area contributed by atoms with Crippen molar-refractivity contribution in [3.63, 3.8) is 0 Å². The van der Waals surface area contributed by atoms with E-state index in [0.717, 1.165) is 22.4 Å². The number of imidazole rings is 1. The Morgan fingerprint density at radius 3 is 2.30 bits per heavy atom. The fourth-order valence-corrected chi connectivity index (χ4v) is 7.94. The van der Waals surface area contributed by atoms with Gasteiger partial charge in [0, 0.05) is 43.7 Å². The van der Waals surface area contributed by atoms with Gasteiger partial charge in [-0.15, -0.1) is 0 Å². The third-order valence-electron chi connectivity index (χ3n) is 8.94. The molecule has 8 heteroatoms. The van der Waals surface area contributed by atoms with Gasteiger partial charge in [-0.05, 0) is 78.2 Å². The summed E-state index contributed by atoms with van der Waals surface area (Å²) in [4.78, 5) is 7.41. The highest BCUT2D eigenvalue weighted by Gasteiger charge is 2.56. The summed E-state index contributed by atoms with van der Waals surface area (Å²) in [5.74, 6) is -0.403. The molecule has 3 saturated carbocycles. The Bertz CT molecular complexity index is 850. The van der Waals surface area contributed by atoms with Crippen LogP contribution in [-0.4, -0.2) is 47.3 Å². The van der Waals surface area contributed by atoms with Crippen molar-refractivity contribution in [2.24, 2.45) is 11.8 Å². The second-order valence-electron chi connectivity index (χ2n) is 12.8. The van der Waals surface area contributed by atoms with Crippen molar-refractivity contribution in [1.82, 2.24) is 14.5 Å². The lowest BCUT2D eigenvalue weighted by atomic mass is 9.56. The van der Waals surface area contributed by atoms with Gasteiger partial charge in [-0.3, -0.25) is 4.90 Å². The highest BCUT2D eigenvalue weighted by Crippen LogP contribution is 2.57. The number of aromatic nitrogens is 2. The molecule has 0 radical (unpaired) electrons. The Hall–Kier alpha value is -0.0631. The first-order valence-electron chi connectivity index (χ1n) is 12.7. The summed E-state index contributed by atoms with van der Waals surface area (Å²) in [5, 5.41) is 0.136. The monoisotopic (exact) mass is 593 g/mol. The zero-order valence-corrected chi connectivity index (χ0v) is 24.6. The minimum absolute atomic E-state index is 0.00802. The number of hydrogen-bond donors (Lipinski definition) is 0. The summed E-state index contributed by atoms with van der Waals surface area (Å²) in [6.07, 6.45) is 6.73. The van der Waals surface area contributed by atoms with Crippen molar-refractivity contribution < 1.29 is 13.2 Å². The highest BCUT2D eigenvalue weighted by molar-refractivity contribution is 14.1. The van der Waals surface area contributed by atoms with Crippen LogP contribution in [0.5, 0.6) is 0 Å². The van der Waals surface area contributed by atoms with Crippen LogP contribution < -0.4 is 0 Å². The van der Waals surface area contributed by atoms with Gasteiger partial charge in [-0.2, -0.15) is 0 Å². The maximum Gasteiger partial charge on any atom is 0.250 e. The van der Waals surface area contributed by atoms with Gasteiger partial charge in [-0.1, -0.05) is 34.6 Å². The van der Waals surface area contributed by atoms with Crippen LogP contribution in [0.1, 0.15) is 91.1 Å². The first-order chi connectivity index (χ1) is 15.1. The molecule has 33 heavy (non-hydrogen) atoms. The molecule has 0 spiro atoms. The smallest absolute Gasteiger partial charge is 0.250 e. The van der Waals surface area contributed by atoms with Crippen molar-refractivity contribution in [1.29, 1.82) is 0 Å². The maximum absolute atomic E-state index is 13.8. The molecule has 5 rings (SSSR count). The standard InChI is InChI=1S/C25H42F2IN3OSi/c1-17(2)21(32-33(6,7)23(3,4)5)22-29-20(28)16-31(22)19-12-18-13-24(14-18,15-19)30-10-8-25(26,27)9-11-30/h16-19,21H,8-15H2,1-7H3. The van der Waals surface area contributed by atoms with Crippen molar-refractivity contribution in [3.05, 3.63) is 15.7 Å². The number of likely N-dealkylation sites (tertiary alicyclic amines) is 1. The molecule has 0 amide bonds. The van der Waals surface area contributed by atoms with Crippen LogP contribution in [0, 0.1) is 15.5 Å². The third kappa shape index (κ3) is 5.10. The topological polar surface area (TPSA) is 30.3 Å². The second-order valence-corrected chi connectivity index (χ2v) is 18.7. The van der Waals surface area contributed by atoms with Gasteiger partial charge in [0.2, 0.25) is 0 Å². The largest absolute Gasteiger partial charge is 0.406 e. The maximum atomic E-state index is 13.8. The minimum Gasteiger partial charge on any atom is -0.406 e. The average molecular weight is 594 g/mol. The number of hydrogen-bond acceptors (Lipinski definition) is 3. The molecule has 188 valence electrons. The number of fused-ring (bicyclic) bond motifs is 2. The van der Waals surface area contributed by atoms with Crippen molar-refractivity contribution in [2.45, 2.75) is 115 Å². The van der Waals surface area contributed by atoms with E-state index in [4.69, 9.17) is 9.41 Å². The summed E-state index contributed by atoms with van der Waals surface area (Å²) in [7, 11) is -1.97. The molecule has 2 heterocycles. The van der Waals surface area contributed by atoms with E-state index >= 15 is 0 Å². The summed E-state index contributed by atoms with van der Waals surface area (Å²) >= 11 is 2.33. The van der Waals surface area contributed by atoms with E-state index in [1.165, 1.54) is 12.8 Å². The van der Waals surface area contributed by atoms with E-state index in [0.29, 0.717) is 31.0 Å². The summed E-state index contributed by atoms with van der Waals surface area (Å²) < 4.78 is 38.0. The quantitative estimate of drug-likeness (QED) is 0.254. The Morgan fingerprint density at radius 1 is 1.15 bits per heavy atom. The van der Waals surface area contributed by atoms with Gasteiger partial charge < -0.3 is 8.99 Å². The van der Waals surface area contributed by atoms with E-state index in [1.54, 1.807) is 0 Å². The molecule has 4 aliphatic rings. The molecular formula is C25H42F2IN3OSi. The van der Waals surface area contributed by atoms with E-state index < -0.39 is 14.2 Å². The van der Waals surface area contributed by atoms with Crippen LogP contribution >= 0.6 is 22.6 Å². The Morgan fingerprint density at radius 2 is 1.76 bits per heavy atom. The lowest BCUT2D eigenvalue weighted by molar-refractivity contribution is -0.132. The van der Waals surface area contributed by atoms with Gasteiger partial charge in [0.15, 0.2) is 8.32 Å². The first-order valence-corrected chi connectivity index (χ1v) is 16.7. The van der Waals surface area contributed by atoms with Crippen LogP contribution in [0.4, 0.5) is 8.78 Å². The van der Waals surface area contributed by atoms with Crippen LogP contribution in [0.25, 0.3) is 0 Å². The number of nitrogens with zero attached hydrogens (tertiary/aromatic N) is 3. The molecule has 1 aromatic heterocycles. The van der Waals surface area contributed by atoms with Gasteiger partial charge in [0.1, 0.15) is 15.6 Å². The van der Waals surface area contributed by atoms with E-state index in [1.807, 2.05) is 0 Å². The van der Waals surface area contributed by atoms with Crippen molar-refractivity contribution in [2.75, 3.05) is 13.1 Å². The molecule has 2 bridgehead atoms. The fraction of sp³-hybridized carbons (Fsp3) is 0.880. The zero-order valence-electron chi connectivity index (χ0n) is 21.4. The van der Waals surface area contributed by atoms with Crippen LogP contribution in [0.15, 0.2) is 6.20 Å². The van der Waals surface area contributed by atoms with E-state index in [2.05, 4.69) is 86.0 Å². The van der Waals surface area contributed by atoms with Gasteiger partial charge in [0.05, 0.1) is 0 Å². The molecule has 1 saturated heterocycles. The van der Waals surface area contributed by atoms with Gasteiger partial charge in [-0.25, -0.2) is 13.8 Å². The summed E-state index contributed by atoms with van der Waals surface area (Å²) in [6, 6.07) is 0.371. The zero-order chi connectivity index (χ0) is 24.4. The molecule has 2 unspecified atom stereocenters. The lowest BCUT2D eigenvalue weighted by Gasteiger charge is -2.61. The number of halogens is 3. The minimum atomic E-state index is -2.48. The van der Waals surface area contributed by atoms with Crippen LogP contribution in [-0.2, 0) is 4.43 Å². The third-order valence-corrected chi connectivity index (χ3v) is 13.9. The number of piperidine rings is 1. The number of alkyl halides is 2. The molecular weight excluding hydrogens is 551 g/mol. The van der Waals surface area contributed by atoms with Crippen molar-refractivity contribution >= 4 is 30.9 Å². The Balaban J connectivity index is 1.58. The van der Waals surface area contributed by atoms with Crippen molar-refractivity contribution in [3.8, 4) is 0 Å². The summed E-state index contributed by atoms with van der Waals surface area (Å²) in [5.41, 5.74) is 0.102. The summed E-state index contributed by atoms with van der Waals surface area (Å²) in [6.45, 7) is 17.0. The molecule has 4 fully saturated rings. The normalized spacial score (nSPS) is 31.5. The van der Waals surface area contributed by atoms with Crippen LogP contribution in [0.2, 0.25) is 18.1 Å². The first kappa shape index (κ1) is 26.0. The SMILES string of the molecule is CC(C)C(O[Si](C)(C)C(C)(C)C)c1nc(I)cn1C1CC2CC(N3CCC(F)(F)CC3)(C2)C1. The predicted molar refractivity (Wildman–Crippen MR) is 140 cm³/mol. The van der Waals surface area contributed by atoms with Gasteiger partial charge >= 0.3 is 0 Å². The molecule has 1 aliphatic heterocycles. The molecule has 0 aromatic carbocycles. The fourth-order valence-electron chi connectivity index (χ4n) is 6.02. The van der Waals surface area contributed by atoms with Gasteiger partial charge in [0.25, 0.3) is 5.92 Å². The van der Waals surface area contributed by atoms with Crippen LogP contribution in [0.3, 0.4) is 0 Å². The molecule has 1 aromatic rings. The Kier molecular flexibility index (Phi) is 6.94. The second kappa shape index (κ2) is 8.80. The molecule has 4 nitrogen and oxygen atoms in total. The van der Waals surface area contributed by atoms with E-state index in [-0.39, 0.29) is 29.5 Å². The molecule has 3 aliphatic carbocycles.